The van der Waals surface area contributed by atoms with Gasteiger partial charge in [0.1, 0.15) is 0 Å². The van der Waals surface area contributed by atoms with Crippen LogP contribution < -0.4 is 0 Å². The number of morpholine rings is 1. The highest BCUT2D eigenvalue weighted by molar-refractivity contribution is 7.39. The Labute approximate surface area is 77.1 Å². The second-order valence-electron chi connectivity index (χ2n) is 2.62. The topological polar surface area (TPSA) is 79.2 Å². The fourth-order valence-corrected chi connectivity index (χ4v) is 1.41. The van der Waals surface area contributed by atoms with Gasteiger partial charge in [0, 0.05) is 6.54 Å². The minimum atomic E-state index is -2.35. The molecule has 0 aromatic heterocycles. The molecule has 1 amide bonds. The highest BCUT2D eigenvalue weighted by Gasteiger charge is 2.22. The minimum Gasteiger partial charge on any atom is -0.377 e. The van der Waals surface area contributed by atoms with Crippen molar-refractivity contribution in [3.8, 4) is 0 Å². The van der Waals surface area contributed by atoms with Crippen LogP contribution in [0.4, 0.5) is 0 Å². The molecule has 0 bridgehead atoms. The SMILES string of the molecule is O=CN1CCOCC1COP(O)O. The number of carbonyl (C=O) groups is 1. The van der Waals surface area contributed by atoms with Crippen LogP contribution in [0.15, 0.2) is 0 Å². The first-order valence-electron chi connectivity index (χ1n) is 3.83. The lowest BCUT2D eigenvalue weighted by Crippen LogP contribution is -2.46. The number of nitrogens with zero attached hydrogens (tertiary/aromatic N) is 1. The molecule has 0 aliphatic carbocycles. The average Bonchev–Trinajstić information content (AvgIpc) is 2.15. The van der Waals surface area contributed by atoms with Crippen LogP contribution in [0.5, 0.6) is 0 Å². The summed E-state index contributed by atoms with van der Waals surface area (Å²) in [5.41, 5.74) is 0. The van der Waals surface area contributed by atoms with Gasteiger partial charge in [-0.05, 0) is 0 Å². The molecule has 0 radical (unpaired) electrons. The Kier molecular flexibility index (Phi) is 4.55. The summed E-state index contributed by atoms with van der Waals surface area (Å²) >= 11 is 0. The van der Waals surface area contributed by atoms with Gasteiger partial charge in [-0.3, -0.25) is 4.79 Å². The van der Waals surface area contributed by atoms with Crippen LogP contribution in [0.2, 0.25) is 0 Å². The summed E-state index contributed by atoms with van der Waals surface area (Å²) in [6.07, 6.45) is 0.716. The molecule has 76 valence electrons. The van der Waals surface area contributed by atoms with Crippen LogP contribution >= 0.6 is 8.60 Å². The van der Waals surface area contributed by atoms with E-state index < -0.39 is 8.60 Å². The van der Waals surface area contributed by atoms with E-state index in [1.165, 1.54) is 4.90 Å². The van der Waals surface area contributed by atoms with Crippen molar-refractivity contribution in [3.63, 3.8) is 0 Å². The summed E-state index contributed by atoms with van der Waals surface area (Å²) in [4.78, 5) is 29.0. The molecule has 1 saturated heterocycles. The normalized spacial score (nSPS) is 23.6. The Bertz CT molecular complexity index is 167. The number of rotatable bonds is 4. The molecule has 0 aromatic carbocycles. The van der Waals surface area contributed by atoms with E-state index in [2.05, 4.69) is 4.52 Å². The molecule has 0 saturated carbocycles. The van der Waals surface area contributed by atoms with Gasteiger partial charge < -0.3 is 23.9 Å². The first kappa shape index (κ1) is 10.8. The molecule has 1 unspecified atom stereocenters. The van der Waals surface area contributed by atoms with Crippen LogP contribution in [-0.2, 0) is 14.1 Å². The molecule has 1 rings (SSSR count). The van der Waals surface area contributed by atoms with Crippen molar-refractivity contribution in [1.29, 1.82) is 0 Å². The van der Waals surface area contributed by atoms with Crippen molar-refractivity contribution in [2.75, 3.05) is 26.4 Å². The summed E-state index contributed by atoms with van der Waals surface area (Å²) in [5, 5.41) is 0. The number of amides is 1. The number of hydrogen-bond acceptors (Lipinski definition) is 5. The first-order valence-corrected chi connectivity index (χ1v) is 5.00. The van der Waals surface area contributed by atoms with Gasteiger partial charge >= 0.3 is 8.60 Å². The van der Waals surface area contributed by atoms with E-state index in [9.17, 15) is 4.79 Å². The van der Waals surface area contributed by atoms with E-state index in [0.29, 0.717) is 26.2 Å². The molecule has 0 spiro atoms. The van der Waals surface area contributed by atoms with E-state index in [-0.39, 0.29) is 12.6 Å². The molecule has 2 N–H and O–H groups in total. The highest BCUT2D eigenvalue weighted by Crippen LogP contribution is 2.25. The number of carbonyl (C=O) groups excluding carboxylic acids is 1. The Hall–Kier alpha value is -0.260. The molecule has 0 aromatic rings. The smallest absolute Gasteiger partial charge is 0.327 e. The third-order valence-electron chi connectivity index (χ3n) is 1.79. The van der Waals surface area contributed by atoms with Gasteiger partial charge in [-0.2, -0.15) is 0 Å². The zero-order valence-electron chi connectivity index (χ0n) is 7.00. The summed E-state index contributed by atoms with van der Waals surface area (Å²) < 4.78 is 9.72. The average molecular weight is 209 g/mol. The molecule has 6 nitrogen and oxygen atoms in total. The molecule has 1 aliphatic heterocycles. The van der Waals surface area contributed by atoms with E-state index in [0.717, 1.165) is 0 Å². The standard InChI is InChI=1S/C6H12NO5P/c8-5-7-1-2-11-3-6(7)4-12-13(9)10/h5-6,9-10H,1-4H2. The maximum atomic E-state index is 10.5. The predicted molar refractivity (Wildman–Crippen MR) is 44.7 cm³/mol. The summed E-state index contributed by atoms with van der Waals surface area (Å²) in [6.45, 7) is 1.51. The van der Waals surface area contributed by atoms with Crippen molar-refractivity contribution in [1.82, 2.24) is 4.90 Å². The zero-order chi connectivity index (χ0) is 9.68. The molecule has 1 atom stereocenters. The summed E-state index contributed by atoms with van der Waals surface area (Å²) in [6, 6.07) is -0.212. The van der Waals surface area contributed by atoms with Crippen LogP contribution in [0.1, 0.15) is 0 Å². The first-order chi connectivity index (χ1) is 6.24. The molecular formula is C6H12NO5P. The third kappa shape index (κ3) is 3.54. The second kappa shape index (κ2) is 5.47. The number of hydrogen-bond donors (Lipinski definition) is 2. The molecule has 7 heteroatoms. The second-order valence-corrected chi connectivity index (χ2v) is 3.38. The monoisotopic (exact) mass is 209 g/mol. The predicted octanol–water partition coefficient (Wildman–Crippen LogP) is -0.928. The van der Waals surface area contributed by atoms with Gasteiger partial charge in [0.15, 0.2) is 0 Å². The van der Waals surface area contributed by atoms with Crippen molar-refractivity contribution >= 4 is 15.0 Å². The fourth-order valence-electron chi connectivity index (χ4n) is 1.10. The van der Waals surface area contributed by atoms with E-state index in [1.54, 1.807) is 0 Å². The van der Waals surface area contributed by atoms with Gasteiger partial charge in [0.05, 0.1) is 25.9 Å². The lowest BCUT2D eigenvalue weighted by molar-refractivity contribution is -0.127. The van der Waals surface area contributed by atoms with Crippen molar-refractivity contribution in [3.05, 3.63) is 0 Å². The van der Waals surface area contributed by atoms with Crippen LogP contribution in [0, 0.1) is 0 Å². The minimum absolute atomic E-state index is 0.0947. The van der Waals surface area contributed by atoms with E-state index in [1.807, 2.05) is 0 Å². The van der Waals surface area contributed by atoms with E-state index in [4.69, 9.17) is 14.5 Å². The molecule has 1 heterocycles. The van der Waals surface area contributed by atoms with Gasteiger partial charge in [-0.15, -0.1) is 0 Å². The lowest BCUT2D eigenvalue weighted by atomic mass is 10.2. The van der Waals surface area contributed by atoms with Gasteiger partial charge in [0.25, 0.3) is 0 Å². The molecule has 1 fully saturated rings. The summed E-state index contributed by atoms with van der Waals surface area (Å²) in [7, 11) is -2.35. The Morgan fingerprint density at radius 3 is 3.08 bits per heavy atom. The Balaban J connectivity index is 2.31. The molecule has 13 heavy (non-hydrogen) atoms. The van der Waals surface area contributed by atoms with Crippen molar-refractivity contribution in [2.24, 2.45) is 0 Å². The van der Waals surface area contributed by atoms with E-state index >= 15 is 0 Å². The van der Waals surface area contributed by atoms with Crippen molar-refractivity contribution in [2.45, 2.75) is 6.04 Å². The van der Waals surface area contributed by atoms with Gasteiger partial charge in [-0.25, -0.2) is 0 Å². The van der Waals surface area contributed by atoms with Gasteiger partial charge in [0.2, 0.25) is 6.41 Å². The molecule has 1 aliphatic rings. The fraction of sp³-hybridized carbons (Fsp3) is 0.833. The molecular weight excluding hydrogens is 197 g/mol. The van der Waals surface area contributed by atoms with Crippen LogP contribution in [-0.4, -0.2) is 53.5 Å². The maximum Gasteiger partial charge on any atom is 0.327 e. The zero-order valence-corrected chi connectivity index (χ0v) is 7.89. The van der Waals surface area contributed by atoms with Gasteiger partial charge in [-0.1, -0.05) is 0 Å². The third-order valence-corrected chi connectivity index (χ3v) is 2.17. The highest BCUT2D eigenvalue weighted by atomic mass is 31.2. The largest absolute Gasteiger partial charge is 0.377 e. The van der Waals surface area contributed by atoms with Crippen LogP contribution in [0.3, 0.4) is 0 Å². The maximum absolute atomic E-state index is 10.5. The summed E-state index contributed by atoms with van der Waals surface area (Å²) in [5.74, 6) is 0. The Morgan fingerprint density at radius 2 is 2.46 bits per heavy atom. The van der Waals surface area contributed by atoms with Crippen molar-refractivity contribution < 1.29 is 23.8 Å². The van der Waals surface area contributed by atoms with Crippen LogP contribution in [0.25, 0.3) is 0 Å². The lowest BCUT2D eigenvalue weighted by Gasteiger charge is -2.32. The Morgan fingerprint density at radius 1 is 1.69 bits per heavy atom. The quantitative estimate of drug-likeness (QED) is 0.462. The number of ether oxygens (including phenoxy) is 1.